The molecule has 1 aromatic rings. The molecule has 2 nitrogen and oxygen atoms in total. The Morgan fingerprint density at radius 2 is 2.06 bits per heavy atom. The number of hydrogen-bond acceptors (Lipinski definition) is 2. The molecule has 1 atom stereocenters. The molecular formula is C13H18FNO. The zero-order valence-corrected chi connectivity index (χ0v) is 10.0. The van der Waals surface area contributed by atoms with Gasteiger partial charge in [0, 0.05) is 17.0 Å². The number of rotatable bonds is 3. The lowest BCUT2D eigenvalue weighted by Crippen LogP contribution is -2.32. The van der Waals surface area contributed by atoms with E-state index in [1.165, 1.54) is 6.07 Å². The van der Waals surface area contributed by atoms with Crippen molar-refractivity contribution in [1.82, 2.24) is 0 Å². The van der Waals surface area contributed by atoms with E-state index in [0.29, 0.717) is 11.3 Å². The van der Waals surface area contributed by atoms with E-state index in [4.69, 9.17) is 10.5 Å². The predicted octanol–water partition coefficient (Wildman–Crippen LogP) is 2.52. The molecule has 0 saturated heterocycles. The number of benzene rings is 1. The molecule has 16 heavy (non-hydrogen) atoms. The number of hydrogen-bond donors (Lipinski definition) is 1. The summed E-state index contributed by atoms with van der Waals surface area (Å²) in [4.78, 5) is 0. The highest BCUT2D eigenvalue weighted by molar-refractivity contribution is 5.49. The average Bonchev–Trinajstić information content (AvgIpc) is 3.02. The van der Waals surface area contributed by atoms with Crippen molar-refractivity contribution in [3.8, 4) is 5.75 Å². The first kappa shape index (κ1) is 11.4. The molecule has 0 bridgehead atoms. The number of methoxy groups -OCH3 is 1. The monoisotopic (exact) mass is 223 g/mol. The molecule has 0 spiro atoms. The third kappa shape index (κ3) is 1.50. The molecule has 2 N–H and O–H groups in total. The second-order valence-corrected chi connectivity index (χ2v) is 4.72. The molecule has 0 heterocycles. The van der Waals surface area contributed by atoms with E-state index in [9.17, 15) is 4.39 Å². The maximum atomic E-state index is 14.0. The molecule has 1 saturated carbocycles. The van der Waals surface area contributed by atoms with Gasteiger partial charge in [0.05, 0.1) is 7.11 Å². The van der Waals surface area contributed by atoms with E-state index >= 15 is 0 Å². The maximum Gasteiger partial charge on any atom is 0.130 e. The lowest BCUT2D eigenvalue weighted by molar-refractivity contribution is 0.386. The molecule has 3 heteroatoms. The molecule has 1 fully saturated rings. The van der Waals surface area contributed by atoms with Gasteiger partial charge in [-0.3, -0.25) is 0 Å². The van der Waals surface area contributed by atoms with E-state index in [-0.39, 0.29) is 17.3 Å². The quantitative estimate of drug-likeness (QED) is 0.854. The normalized spacial score (nSPS) is 19.3. The fourth-order valence-electron chi connectivity index (χ4n) is 2.46. The fraction of sp³-hybridized carbons (Fsp3) is 0.538. The van der Waals surface area contributed by atoms with Crippen molar-refractivity contribution in [2.75, 3.05) is 7.11 Å². The van der Waals surface area contributed by atoms with Gasteiger partial charge in [0.25, 0.3) is 0 Å². The maximum absolute atomic E-state index is 14.0. The van der Waals surface area contributed by atoms with Gasteiger partial charge in [-0.2, -0.15) is 0 Å². The molecule has 0 aliphatic heterocycles. The highest BCUT2D eigenvalue weighted by atomic mass is 19.1. The highest BCUT2D eigenvalue weighted by Crippen LogP contribution is 2.54. The summed E-state index contributed by atoms with van der Waals surface area (Å²) in [7, 11) is 1.59. The van der Waals surface area contributed by atoms with Crippen LogP contribution in [-0.2, 0) is 5.41 Å². The first-order valence-corrected chi connectivity index (χ1v) is 5.62. The van der Waals surface area contributed by atoms with E-state index in [1.54, 1.807) is 13.2 Å². The van der Waals surface area contributed by atoms with Crippen molar-refractivity contribution in [2.24, 2.45) is 5.73 Å². The van der Waals surface area contributed by atoms with Crippen LogP contribution in [0.1, 0.15) is 30.9 Å². The standard InChI is InChI=1S/C13H18FNO/c1-8-4-5-10(14)11(12(8)16-3)13(6-7-13)9(2)15/h4-5,9H,6-7,15H2,1-3H3. The number of nitrogens with two attached hydrogens (primary N) is 1. The molecule has 0 aromatic heterocycles. The summed E-state index contributed by atoms with van der Waals surface area (Å²) >= 11 is 0. The zero-order valence-electron chi connectivity index (χ0n) is 10.0. The molecule has 1 aliphatic rings. The summed E-state index contributed by atoms with van der Waals surface area (Å²) in [5.74, 6) is 0.465. The van der Waals surface area contributed by atoms with Crippen LogP contribution in [0.5, 0.6) is 5.75 Å². The summed E-state index contributed by atoms with van der Waals surface area (Å²) in [6.07, 6.45) is 1.89. The molecule has 0 amide bonds. The van der Waals surface area contributed by atoms with Crippen LogP contribution in [0.2, 0.25) is 0 Å². The van der Waals surface area contributed by atoms with Crippen LogP contribution < -0.4 is 10.5 Å². The van der Waals surface area contributed by atoms with Gasteiger partial charge in [0.2, 0.25) is 0 Å². The first-order valence-electron chi connectivity index (χ1n) is 5.62. The molecule has 2 rings (SSSR count). The van der Waals surface area contributed by atoms with Crippen LogP contribution >= 0.6 is 0 Å². The Morgan fingerprint density at radius 3 is 2.50 bits per heavy atom. The van der Waals surface area contributed by atoms with Crippen molar-refractivity contribution in [3.63, 3.8) is 0 Å². The summed E-state index contributed by atoms with van der Waals surface area (Å²) < 4.78 is 19.3. The van der Waals surface area contributed by atoms with Crippen molar-refractivity contribution in [1.29, 1.82) is 0 Å². The Hall–Kier alpha value is -1.09. The lowest BCUT2D eigenvalue weighted by atomic mass is 9.87. The van der Waals surface area contributed by atoms with Gasteiger partial charge >= 0.3 is 0 Å². The minimum absolute atomic E-state index is 0.0438. The topological polar surface area (TPSA) is 35.2 Å². The van der Waals surface area contributed by atoms with Gasteiger partial charge in [0.1, 0.15) is 11.6 Å². The Morgan fingerprint density at radius 1 is 1.44 bits per heavy atom. The summed E-state index contributed by atoms with van der Waals surface area (Å²) in [6.45, 7) is 3.87. The third-order valence-electron chi connectivity index (χ3n) is 3.67. The van der Waals surface area contributed by atoms with Crippen LogP contribution in [0.3, 0.4) is 0 Å². The van der Waals surface area contributed by atoms with Gasteiger partial charge < -0.3 is 10.5 Å². The predicted molar refractivity (Wildman–Crippen MR) is 62.3 cm³/mol. The third-order valence-corrected chi connectivity index (χ3v) is 3.67. The number of ether oxygens (including phenoxy) is 1. The zero-order chi connectivity index (χ0) is 11.9. The number of halogens is 1. The average molecular weight is 223 g/mol. The first-order chi connectivity index (χ1) is 7.53. The van der Waals surface area contributed by atoms with E-state index in [0.717, 1.165) is 18.4 Å². The van der Waals surface area contributed by atoms with E-state index in [1.807, 2.05) is 13.8 Å². The van der Waals surface area contributed by atoms with Crippen LogP contribution in [0, 0.1) is 12.7 Å². The summed E-state index contributed by atoms with van der Waals surface area (Å²) in [6, 6.07) is 3.21. The highest BCUT2D eigenvalue weighted by Gasteiger charge is 2.51. The van der Waals surface area contributed by atoms with E-state index < -0.39 is 0 Å². The Balaban J connectivity index is 2.59. The second kappa shape index (κ2) is 3.74. The SMILES string of the molecule is COc1c(C)ccc(F)c1C1(C(C)N)CC1. The minimum atomic E-state index is -0.207. The van der Waals surface area contributed by atoms with Crippen molar-refractivity contribution < 1.29 is 9.13 Å². The molecule has 88 valence electrons. The smallest absolute Gasteiger partial charge is 0.130 e. The van der Waals surface area contributed by atoms with Crippen molar-refractivity contribution in [3.05, 3.63) is 29.1 Å². The lowest BCUT2D eigenvalue weighted by Gasteiger charge is -2.24. The van der Waals surface area contributed by atoms with Gasteiger partial charge in [-0.15, -0.1) is 0 Å². The largest absolute Gasteiger partial charge is 0.496 e. The molecule has 1 aromatic carbocycles. The van der Waals surface area contributed by atoms with Gasteiger partial charge in [-0.1, -0.05) is 6.07 Å². The van der Waals surface area contributed by atoms with Gasteiger partial charge in [-0.05, 0) is 38.3 Å². The van der Waals surface area contributed by atoms with E-state index in [2.05, 4.69) is 0 Å². The van der Waals surface area contributed by atoms with Crippen molar-refractivity contribution in [2.45, 2.75) is 38.1 Å². The van der Waals surface area contributed by atoms with Crippen LogP contribution in [0.15, 0.2) is 12.1 Å². The fourth-order valence-corrected chi connectivity index (χ4v) is 2.46. The Labute approximate surface area is 95.6 Å². The van der Waals surface area contributed by atoms with Crippen LogP contribution in [0.4, 0.5) is 4.39 Å². The second-order valence-electron chi connectivity index (χ2n) is 4.72. The minimum Gasteiger partial charge on any atom is -0.496 e. The van der Waals surface area contributed by atoms with Crippen molar-refractivity contribution >= 4 is 0 Å². The van der Waals surface area contributed by atoms with Crippen LogP contribution in [-0.4, -0.2) is 13.2 Å². The summed E-state index contributed by atoms with van der Waals surface area (Å²) in [5, 5.41) is 0. The Kier molecular flexibility index (Phi) is 2.66. The number of aryl methyl sites for hydroxylation is 1. The van der Waals surface area contributed by atoms with Gasteiger partial charge in [0.15, 0.2) is 0 Å². The molecule has 0 radical (unpaired) electrons. The van der Waals surface area contributed by atoms with Crippen LogP contribution in [0.25, 0.3) is 0 Å². The van der Waals surface area contributed by atoms with Gasteiger partial charge in [-0.25, -0.2) is 4.39 Å². The summed E-state index contributed by atoms with van der Waals surface area (Å²) in [5.41, 5.74) is 7.41. The molecule has 1 aliphatic carbocycles. The molecular weight excluding hydrogens is 205 g/mol. The Bertz CT molecular complexity index is 411. The molecule has 1 unspecified atom stereocenters.